The Bertz CT molecular complexity index is 3390. The molecule has 0 spiro atoms. The van der Waals surface area contributed by atoms with E-state index in [1.54, 1.807) is 84.0 Å². The van der Waals surface area contributed by atoms with E-state index in [0.29, 0.717) is 11.0 Å². The second-order valence-corrected chi connectivity index (χ2v) is 16.5. The first-order chi connectivity index (χ1) is 35.7. The first-order valence-electron chi connectivity index (χ1n) is 27.8. The monoisotopic (exact) mass is 845 g/mol. The number of aromatic nitrogens is 2. The summed E-state index contributed by atoms with van der Waals surface area (Å²) < 4.78 is 150. The zero-order valence-electron chi connectivity index (χ0n) is 52.5. The largest absolute Gasteiger partial charge is 0.508 e. The van der Waals surface area contributed by atoms with Gasteiger partial charge in [0, 0.05) is 94.9 Å². The minimum Gasteiger partial charge on any atom is -0.508 e. The van der Waals surface area contributed by atoms with E-state index in [2.05, 4.69) is 20.6 Å². The van der Waals surface area contributed by atoms with Crippen molar-refractivity contribution in [3.8, 4) is 11.5 Å². The van der Waals surface area contributed by atoms with Gasteiger partial charge in [0.2, 0.25) is 10.9 Å². The number of anilines is 2. The standard InChI is InChI=1S/C26H30N2O4.C24H28N2O3/c1-15(29)32-22-13-21(18(25(2,3)4)12-19(22)26(5,6)7)28-24(31)17-14-27-20-11-9-8-10-16(20)23(17)30;1-23(2,3)16-11-17(24(4,5)6)20(27)12-19(16)26-22(29)15-13-25-18-10-8-7-9-14(18)21(15)28/h8-14H,1-7H3,(H,27,30)(H,28,31);7-13,27H,1-6H3,(H,25,28)(H,26,29)/i5D3,6D3,7D3;4D3,5D3,6D3. The molecule has 0 fully saturated rings. The average Bonchev–Trinajstić information content (AvgIpc) is 3.24. The number of rotatable bonds is 5. The summed E-state index contributed by atoms with van der Waals surface area (Å²) in [4.78, 5) is 70.2. The molecule has 0 aliphatic carbocycles. The van der Waals surface area contributed by atoms with E-state index in [4.69, 9.17) is 29.4 Å². The van der Waals surface area contributed by atoms with Gasteiger partial charge < -0.3 is 30.4 Å². The predicted octanol–water partition coefficient (Wildman–Crippen LogP) is 10.4. The van der Waals surface area contributed by atoms with Crippen LogP contribution in [-0.4, -0.2) is 32.9 Å². The second kappa shape index (κ2) is 16.9. The molecular weight excluding hydrogens is 769 g/mol. The van der Waals surface area contributed by atoms with Crippen LogP contribution in [-0.2, 0) is 26.5 Å². The Morgan fingerprint density at radius 2 is 1.00 bits per heavy atom. The molecule has 5 N–H and O–H groups in total. The molecule has 6 rings (SSSR count). The second-order valence-electron chi connectivity index (χ2n) is 16.5. The van der Waals surface area contributed by atoms with Crippen LogP contribution >= 0.6 is 0 Å². The molecular formula is C50H58N4O7. The van der Waals surface area contributed by atoms with Gasteiger partial charge in [-0.05, 0) is 74.7 Å². The number of fused-ring (bicyclic) bond motifs is 2. The summed E-state index contributed by atoms with van der Waals surface area (Å²) in [6.45, 7) is -10.7. The van der Waals surface area contributed by atoms with Gasteiger partial charge in [0.05, 0.1) is 0 Å². The van der Waals surface area contributed by atoms with E-state index in [9.17, 15) is 29.1 Å². The highest BCUT2D eigenvalue weighted by atomic mass is 16.5. The number of nitrogens with one attached hydrogen (secondary N) is 4. The molecule has 320 valence electrons. The maximum absolute atomic E-state index is 13.3. The summed E-state index contributed by atoms with van der Waals surface area (Å²) >= 11 is 0. The maximum atomic E-state index is 13.3. The fourth-order valence-electron chi connectivity index (χ4n) is 6.50. The Hall–Kier alpha value is -6.49. The lowest BCUT2D eigenvalue weighted by atomic mass is 9.79. The summed E-state index contributed by atoms with van der Waals surface area (Å²) in [5.74, 6) is -4.31. The van der Waals surface area contributed by atoms with Crippen LogP contribution in [0.3, 0.4) is 0 Å². The number of esters is 1. The van der Waals surface area contributed by atoms with Crippen molar-refractivity contribution in [3.05, 3.63) is 139 Å². The predicted molar refractivity (Wildman–Crippen MR) is 246 cm³/mol. The number of carbonyl (C=O) groups excluding carboxylic acids is 3. The molecule has 61 heavy (non-hydrogen) atoms. The van der Waals surface area contributed by atoms with Crippen LogP contribution in [0.25, 0.3) is 21.8 Å². The highest BCUT2D eigenvalue weighted by Gasteiger charge is 2.29. The highest BCUT2D eigenvalue weighted by molar-refractivity contribution is 6.07. The van der Waals surface area contributed by atoms with E-state index in [0.717, 1.165) is 31.2 Å². The molecule has 0 aliphatic heterocycles. The van der Waals surface area contributed by atoms with Gasteiger partial charge in [0.1, 0.15) is 22.6 Å². The molecule has 6 aromatic rings. The lowest BCUT2D eigenvalue weighted by molar-refractivity contribution is -0.131. The number of hydrogen-bond donors (Lipinski definition) is 5. The summed E-state index contributed by atoms with van der Waals surface area (Å²) in [5, 5.41) is 16.6. The summed E-state index contributed by atoms with van der Waals surface area (Å²) in [6.07, 6.45) is 2.45. The SMILES string of the molecule is [2H]C([2H])([2H])C(c1cc(C(C)(C)C)c(NC(=O)c2c[nH]c3ccccc3c2=O)cc1O)(C([2H])([2H])[2H])C([2H])([2H])[2H].[2H]C([2H])([2H])C(c1cc(C(C)(C)C)c(NC(=O)c2c[nH]c3ccccc3c2=O)cc1OC(C)=O)(C([2H])([2H])[2H])C([2H])([2H])[2H]. The Morgan fingerprint density at radius 3 is 1.43 bits per heavy atom. The van der Waals surface area contributed by atoms with Crippen molar-refractivity contribution in [2.45, 2.75) is 111 Å². The molecule has 0 saturated carbocycles. The van der Waals surface area contributed by atoms with Gasteiger partial charge in [0.25, 0.3) is 11.8 Å². The number of benzene rings is 4. The van der Waals surface area contributed by atoms with E-state index in [1.165, 1.54) is 18.5 Å². The van der Waals surface area contributed by atoms with Crippen molar-refractivity contribution in [2.24, 2.45) is 0 Å². The Kier molecular flexibility index (Phi) is 7.38. The van der Waals surface area contributed by atoms with Gasteiger partial charge in [0.15, 0.2) is 0 Å². The van der Waals surface area contributed by atoms with E-state index in [-0.39, 0.29) is 44.4 Å². The Morgan fingerprint density at radius 1 is 0.590 bits per heavy atom. The number of H-pyrrole nitrogens is 2. The number of carbonyl (C=O) groups is 3. The number of ether oxygens (including phenoxy) is 1. The molecule has 2 amide bonds. The minimum absolute atomic E-state index is 0.0492. The number of para-hydroxylation sites is 2. The van der Waals surface area contributed by atoms with Crippen molar-refractivity contribution in [2.75, 3.05) is 10.6 Å². The van der Waals surface area contributed by atoms with Crippen LogP contribution in [0.5, 0.6) is 11.5 Å². The lowest BCUT2D eigenvalue weighted by Crippen LogP contribution is -2.25. The van der Waals surface area contributed by atoms with E-state index < -0.39 is 114 Å². The molecule has 0 radical (unpaired) electrons. The molecule has 2 heterocycles. The van der Waals surface area contributed by atoms with Crippen molar-refractivity contribution in [1.29, 1.82) is 0 Å². The summed E-state index contributed by atoms with van der Waals surface area (Å²) in [7, 11) is 0. The zero-order chi connectivity index (χ0) is 60.4. The number of amides is 2. The number of pyridine rings is 2. The number of phenolic OH excluding ortho intramolecular Hbond substituents is 1. The third kappa shape index (κ3) is 10.3. The third-order valence-electron chi connectivity index (χ3n) is 9.50. The molecule has 0 atom stereocenters. The van der Waals surface area contributed by atoms with Crippen molar-refractivity contribution >= 4 is 51.0 Å². The Balaban J connectivity index is 0.000000291. The van der Waals surface area contributed by atoms with Gasteiger partial charge in [-0.25, -0.2) is 0 Å². The number of hydrogen-bond acceptors (Lipinski definition) is 7. The molecule has 11 nitrogen and oxygen atoms in total. The smallest absolute Gasteiger partial charge is 0.308 e. The number of aromatic hydroxyl groups is 1. The fraction of sp³-hybridized carbons (Fsp3) is 0.340. The Labute approximate surface area is 382 Å². The minimum atomic E-state index is -3.63. The van der Waals surface area contributed by atoms with Gasteiger partial charge in [-0.1, -0.05) is 107 Å². The van der Waals surface area contributed by atoms with Crippen LogP contribution in [0.1, 0.15) is 157 Å². The lowest BCUT2D eigenvalue weighted by Gasteiger charge is -2.29. The van der Waals surface area contributed by atoms with Gasteiger partial charge >= 0.3 is 5.97 Å². The maximum Gasteiger partial charge on any atom is 0.308 e. The quantitative estimate of drug-likeness (QED) is 0.0849. The molecule has 0 unspecified atom stereocenters. The van der Waals surface area contributed by atoms with Crippen molar-refractivity contribution in [3.63, 3.8) is 0 Å². The molecule has 0 saturated heterocycles. The van der Waals surface area contributed by atoms with Crippen LogP contribution in [0.2, 0.25) is 0 Å². The highest BCUT2D eigenvalue weighted by Crippen LogP contribution is 2.41. The summed E-state index contributed by atoms with van der Waals surface area (Å²) in [5.41, 5.74) is -10.8. The van der Waals surface area contributed by atoms with E-state index >= 15 is 0 Å². The third-order valence-corrected chi connectivity index (χ3v) is 9.50. The van der Waals surface area contributed by atoms with E-state index in [1.807, 2.05) is 0 Å². The van der Waals surface area contributed by atoms with Gasteiger partial charge in [-0.2, -0.15) is 0 Å². The van der Waals surface area contributed by atoms with Crippen LogP contribution in [0.4, 0.5) is 11.4 Å². The molecule has 11 heteroatoms. The van der Waals surface area contributed by atoms with Crippen LogP contribution in [0, 0.1) is 0 Å². The number of phenols is 1. The fourth-order valence-corrected chi connectivity index (χ4v) is 6.50. The molecule has 0 bridgehead atoms. The number of aromatic amines is 2. The van der Waals surface area contributed by atoms with Crippen molar-refractivity contribution in [1.82, 2.24) is 9.97 Å². The topological polar surface area (TPSA) is 170 Å². The zero-order valence-corrected chi connectivity index (χ0v) is 34.5. The van der Waals surface area contributed by atoms with Crippen LogP contribution in [0.15, 0.2) is 94.8 Å². The first kappa shape index (κ1) is 26.7. The molecule has 2 aromatic heterocycles. The average molecular weight is 845 g/mol. The van der Waals surface area contributed by atoms with Gasteiger partial charge in [-0.15, -0.1) is 0 Å². The van der Waals surface area contributed by atoms with Crippen LogP contribution < -0.4 is 26.2 Å². The summed E-state index contributed by atoms with van der Waals surface area (Å²) in [6, 6.07) is 17.1. The van der Waals surface area contributed by atoms with Crippen molar-refractivity contribution < 1.29 is 48.9 Å². The normalized spacial score (nSPS) is 17.7. The van der Waals surface area contributed by atoms with Gasteiger partial charge in [-0.3, -0.25) is 24.0 Å². The first-order valence-corrected chi connectivity index (χ1v) is 18.8. The molecule has 4 aromatic carbocycles. The molecule has 0 aliphatic rings.